The first-order chi connectivity index (χ1) is 8.04. The van der Waals surface area contributed by atoms with E-state index in [0.717, 1.165) is 23.4 Å². The molecule has 0 saturated carbocycles. The third kappa shape index (κ3) is 5.13. The summed E-state index contributed by atoms with van der Waals surface area (Å²) in [6.07, 6.45) is -0.0638. The summed E-state index contributed by atoms with van der Waals surface area (Å²) in [5, 5.41) is 0. The van der Waals surface area contributed by atoms with Crippen LogP contribution in [0, 0.1) is 0 Å². The first-order valence-electron chi connectivity index (χ1n) is 5.17. The topological polar surface area (TPSA) is 0 Å². The van der Waals surface area contributed by atoms with Crippen LogP contribution >= 0.6 is 11.8 Å². The van der Waals surface area contributed by atoms with E-state index in [4.69, 9.17) is 0 Å². The Morgan fingerprint density at radius 3 is 2.41 bits per heavy atom. The molecule has 0 heterocycles. The summed E-state index contributed by atoms with van der Waals surface area (Å²) in [6.45, 7) is 1.70. The lowest BCUT2D eigenvalue weighted by Gasteiger charge is -2.08. The van der Waals surface area contributed by atoms with E-state index in [2.05, 4.69) is 0 Å². The van der Waals surface area contributed by atoms with Gasteiger partial charge in [-0.25, -0.2) is 0 Å². The van der Waals surface area contributed by atoms with Gasteiger partial charge in [0.1, 0.15) is 0 Å². The molecule has 0 atom stereocenters. The molecule has 0 unspecified atom stereocenters. The number of allylic oxidation sites excluding steroid dienone is 3. The highest BCUT2D eigenvalue weighted by molar-refractivity contribution is 8.03. The van der Waals surface area contributed by atoms with Crippen LogP contribution in [-0.4, -0.2) is 11.9 Å². The van der Waals surface area contributed by atoms with Crippen LogP contribution in [-0.2, 0) is 0 Å². The minimum absolute atomic E-state index is 0.407. The molecule has 0 saturated heterocycles. The van der Waals surface area contributed by atoms with Gasteiger partial charge in [0, 0.05) is 0 Å². The second kappa shape index (κ2) is 6.55. The van der Waals surface area contributed by atoms with E-state index in [0.29, 0.717) is 5.75 Å². The summed E-state index contributed by atoms with van der Waals surface area (Å²) < 4.78 is 37.5. The van der Waals surface area contributed by atoms with Gasteiger partial charge in [0.05, 0.1) is 4.91 Å². The quantitative estimate of drug-likeness (QED) is 0.692. The summed E-state index contributed by atoms with van der Waals surface area (Å²) in [5.41, 5.74) is 0.881. The Labute approximate surface area is 103 Å². The molecular weight excluding hydrogens is 245 g/mol. The molecule has 0 aromatic heterocycles. The second-order valence-corrected chi connectivity index (χ2v) is 4.54. The van der Waals surface area contributed by atoms with E-state index in [1.807, 2.05) is 30.3 Å². The highest BCUT2D eigenvalue weighted by Gasteiger charge is 2.32. The lowest BCUT2D eigenvalue weighted by molar-refractivity contribution is -0.0835. The Hall–Kier alpha value is -1.16. The van der Waals surface area contributed by atoms with Gasteiger partial charge in [-0.3, -0.25) is 0 Å². The van der Waals surface area contributed by atoms with Gasteiger partial charge in [-0.2, -0.15) is 13.2 Å². The minimum Gasteiger partial charge on any atom is -0.166 e. The molecule has 17 heavy (non-hydrogen) atoms. The van der Waals surface area contributed by atoms with Gasteiger partial charge in [-0.05, 0) is 17.4 Å². The zero-order valence-corrected chi connectivity index (χ0v) is 10.2. The smallest absolute Gasteiger partial charge is 0.166 e. The second-order valence-electron chi connectivity index (χ2n) is 3.23. The van der Waals surface area contributed by atoms with E-state index in [1.165, 1.54) is 6.08 Å². The fourth-order valence-electron chi connectivity index (χ4n) is 1.19. The van der Waals surface area contributed by atoms with Gasteiger partial charge in [0.2, 0.25) is 0 Å². The zero-order chi connectivity index (χ0) is 12.7. The molecule has 0 N–H and O–H groups in total. The molecule has 0 amide bonds. The number of alkyl halides is 3. The Morgan fingerprint density at radius 2 is 1.88 bits per heavy atom. The van der Waals surface area contributed by atoms with Gasteiger partial charge in [-0.1, -0.05) is 49.4 Å². The normalized spacial score (nSPS) is 13.3. The average molecular weight is 258 g/mol. The predicted octanol–water partition coefficient (Wildman–Crippen LogP) is 4.90. The van der Waals surface area contributed by atoms with Gasteiger partial charge in [0.15, 0.2) is 0 Å². The molecule has 0 bridgehead atoms. The highest BCUT2D eigenvalue weighted by atomic mass is 32.2. The summed E-state index contributed by atoms with van der Waals surface area (Å²) >= 11 is 0.803. The van der Waals surface area contributed by atoms with E-state index in [-0.39, 0.29) is 0 Å². The van der Waals surface area contributed by atoms with Gasteiger partial charge in [-0.15, -0.1) is 11.8 Å². The van der Waals surface area contributed by atoms with Crippen LogP contribution in [0.25, 0.3) is 6.08 Å². The first-order valence-corrected chi connectivity index (χ1v) is 6.16. The van der Waals surface area contributed by atoms with E-state index < -0.39 is 11.1 Å². The Balaban J connectivity index is 2.76. The van der Waals surface area contributed by atoms with Crippen molar-refractivity contribution in [3.05, 3.63) is 53.0 Å². The molecule has 0 nitrogen and oxygen atoms in total. The van der Waals surface area contributed by atoms with Gasteiger partial charge in [0.25, 0.3) is 0 Å². The molecule has 92 valence electrons. The van der Waals surface area contributed by atoms with Crippen molar-refractivity contribution < 1.29 is 13.2 Å². The molecule has 4 heteroatoms. The minimum atomic E-state index is -4.26. The molecule has 0 aliphatic carbocycles. The molecular formula is C13H13F3S. The number of hydrogen-bond acceptors (Lipinski definition) is 1. The molecule has 1 aromatic carbocycles. The van der Waals surface area contributed by atoms with Crippen LogP contribution < -0.4 is 0 Å². The van der Waals surface area contributed by atoms with Crippen LogP contribution in [0.5, 0.6) is 0 Å². The Bertz CT molecular complexity index is 391. The monoisotopic (exact) mass is 258 g/mol. The van der Waals surface area contributed by atoms with Crippen molar-refractivity contribution in [2.24, 2.45) is 0 Å². The number of benzene rings is 1. The van der Waals surface area contributed by atoms with Crippen molar-refractivity contribution in [2.75, 3.05) is 5.75 Å². The number of thioether (sulfide) groups is 1. The van der Waals surface area contributed by atoms with Crippen molar-refractivity contribution in [2.45, 2.75) is 13.1 Å². The van der Waals surface area contributed by atoms with E-state index in [9.17, 15) is 13.2 Å². The summed E-state index contributed by atoms with van der Waals surface area (Å²) in [7, 11) is 0. The van der Waals surface area contributed by atoms with Crippen LogP contribution in [0.3, 0.4) is 0 Å². The molecule has 1 aromatic rings. The third-order valence-electron chi connectivity index (χ3n) is 1.92. The van der Waals surface area contributed by atoms with Crippen molar-refractivity contribution in [1.82, 2.24) is 0 Å². The van der Waals surface area contributed by atoms with Crippen molar-refractivity contribution >= 4 is 17.8 Å². The zero-order valence-electron chi connectivity index (χ0n) is 9.37. The molecule has 0 radical (unpaired) electrons. The number of rotatable bonds is 4. The standard InChI is InChI=1S/C13H13F3S/c1-2-17-12(13(14,15)16)10-6-9-11-7-4-3-5-8-11/h3-10H,2H2,1H3/b9-6+,12-10+. The first kappa shape index (κ1) is 13.9. The van der Waals surface area contributed by atoms with Crippen LogP contribution in [0.1, 0.15) is 12.5 Å². The summed E-state index contributed by atoms with van der Waals surface area (Å²) in [6, 6.07) is 9.22. The number of halogens is 3. The molecule has 0 fully saturated rings. The predicted molar refractivity (Wildman–Crippen MR) is 67.7 cm³/mol. The SMILES string of the molecule is CCS/C(=C/C=C/c1ccccc1)C(F)(F)F. The van der Waals surface area contributed by atoms with Crippen LogP contribution in [0.15, 0.2) is 47.4 Å². The Morgan fingerprint density at radius 1 is 1.24 bits per heavy atom. The lowest BCUT2D eigenvalue weighted by Crippen LogP contribution is -2.09. The molecule has 0 aliphatic rings. The van der Waals surface area contributed by atoms with E-state index in [1.54, 1.807) is 13.0 Å². The van der Waals surface area contributed by atoms with Crippen molar-refractivity contribution in [1.29, 1.82) is 0 Å². The van der Waals surface area contributed by atoms with Gasteiger partial charge >= 0.3 is 6.18 Å². The maximum absolute atomic E-state index is 12.5. The maximum Gasteiger partial charge on any atom is 0.422 e. The molecule has 1 rings (SSSR count). The van der Waals surface area contributed by atoms with Crippen LogP contribution in [0.4, 0.5) is 13.2 Å². The largest absolute Gasteiger partial charge is 0.422 e. The molecule has 0 aliphatic heterocycles. The fraction of sp³-hybridized carbons (Fsp3) is 0.231. The molecule has 0 spiro atoms. The van der Waals surface area contributed by atoms with Crippen molar-refractivity contribution in [3.63, 3.8) is 0 Å². The third-order valence-corrected chi connectivity index (χ3v) is 2.88. The Kier molecular flexibility index (Phi) is 5.35. The fourth-order valence-corrected chi connectivity index (χ4v) is 1.84. The summed E-state index contributed by atoms with van der Waals surface area (Å²) in [4.78, 5) is -0.563. The number of hydrogen-bond donors (Lipinski definition) is 0. The highest BCUT2D eigenvalue weighted by Crippen LogP contribution is 2.34. The average Bonchev–Trinajstić information content (AvgIpc) is 2.28. The van der Waals surface area contributed by atoms with Gasteiger partial charge < -0.3 is 0 Å². The van der Waals surface area contributed by atoms with E-state index >= 15 is 0 Å². The maximum atomic E-state index is 12.5. The lowest BCUT2D eigenvalue weighted by atomic mass is 10.2. The summed E-state index contributed by atoms with van der Waals surface area (Å²) in [5.74, 6) is 0.407. The van der Waals surface area contributed by atoms with Crippen molar-refractivity contribution in [3.8, 4) is 0 Å². The van der Waals surface area contributed by atoms with Crippen LogP contribution in [0.2, 0.25) is 0 Å².